The van der Waals surface area contributed by atoms with Gasteiger partial charge in [-0.05, 0) is 30.9 Å². The fourth-order valence-electron chi connectivity index (χ4n) is 4.05. The maximum atomic E-state index is 12.8. The maximum absolute atomic E-state index is 12.8. The molecule has 0 amide bonds. The largest absolute Gasteiger partial charge is 0.451 e. The lowest BCUT2D eigenvalue weighted by Crippen LogP contribution is -2.15. The number of thioether (sulfide) groups is 1. The van der Waals surface area contributed by atoms with Crippen LogP contribution in [0.4, 0.5) is 0 Å². The number of rotatable bonds is 8. The highest BCUT2D eigenvalue weighted by atomic mass is 32.2. The minimum absolute atomic E-state index is 0.217. The van der Waals surface area contributed by atoms with Gasteiger partial charge < -0.3 is 9.15 Å². The van der Waals surface area contributed by atoms with Crippen LogP contribution in [0.1, 0.15) is 71.1 Å². The van der Waals surface area contributed by atoms with Gasteiger partial charge in [0.1, 0.15) is 5.58 Å². The fourth-order valence-corrected chi connectivity index (χ4v) is 5.40. The number of fused-ring (bicyclic) bond motifs is 1. The van der Waals surface area contributed by atoms with Crippen molar-refractivity contribution < 1.29 is 18.7 Å². The molecule has 162 valence electrons. The predicted octanol–water partition coefficient (Wildman–Crippen LogP) is 6.60. The third kappa shape index (κ3) is 5.21. The number of hydrogen-bond acceptors (Lipinski definition) is 5. The Kier molecular flexibility index (Phi) is 7.13. The number of hydrogen-bond donors (Lipinski definition) is 0. The molecule has 1 aromatic heterocycles. The molecule has 1 aliphatic carbocycles. The summed E-state index contributed by atoms with van der Waals surface area (Å²) in [6.45, 7) is 1.77. The molecule has 1 fully saturated rings. The van der Waals surface area contributed by atoms with E-state index < -0.39 is 5.97 Å². The third-order valence-electron chi connectivity index (χ3n) is 5.92. The smallest absolute Gasteiger partial charge is 0.375 e. The van der Waals surface area contributed by atoms with Crippen molar-refractivity contribution in [3.05, 3.63) is 71.0 Å². The number of carbonyl (C=O) groups is 2. The van der Waals surface area contributed by atoms with E-state index in [9.17, 15) is 9.59 Å². The fraction of sp³-hybridized carbons (Fsp3) is 0.385. The van der Waals surface area contributed by atoms with Crippen molar-refractivity contribution in [1.82, 2.24) is 0 Å². The second kappa shape index (κ2) is 10.2. The van der Waals surface area contributed by atoms with Gasteiger partial charge in [-0.2, -0.15) is 11.8 Å². The molecule has 4 rings (SSSR count). The van der Waals surface area contributed by atoms with Crippen LogP contribution in [0.3, 0.4) is 0 Å². The van der Waals surface area contributed by atoms with Gasteiger partial charge in [0.05, 0.1) is 0 Å². The molecule has 0 spiro atoms. The normalized spacial score (nSPS) is 14.6. The van der Waals surface area contributed by atoms with E-state index in [1.807, 2.05) is 48.2 Å². The van der Waals surface area contributed by atoms with Gasteiger partial charge in [0.25, 0.3) is 0 Å². The van der Waals surface area contributed by atoms with Crippen LogP contribution in [0.5, 0.6) is 0 Å². The number of para-hydroxylation sites is 1. The SMILES string of the molecule is CCc1ccc(C(=O)COC(=O)c2oc3ccccc3c2CSC2CCCCC2)cc1. The van der Waals surface area contributed by atoms with Crippen LogP contribution in [0.15, 0.2) is 52.9 Å². The molecule has 0 radical (unpaired) electrons. The van der Waals surface area contributed by atoms with Crippen LogP contribution in [-0.2, 0) is 16.9 Å². The quantitative estimate of drug-likeness (QED) is 0.294. The molecule has 1 aliphatic rings. The minimum Gasteiger partial charge on any atom is -0.451 e. The number of furan rings is 1. The molecule has 0 bridgehead atoms. The number of ketones is 1. The summed E-state index contributed by atoms with van der Waals surface area (Å²) >= 11 is 1.89. The first-order valence-corrected chi connectivity index (χ1v) is 12.1. The molecular weight excluding hydrogens is 408 g/mol. The lowest BCUT2D eigenvalue weighted by atomic mass is 10.0. The molecule has 1 saturated carbocycles. The van der Waals surface area contributed by atoms with E-state index in [2.05, 4.69) is 6.92 Å². The number of carbonyl (C=O) groups excluding carboxylic acids is 2. The Balaban J connectivity index is 1.46. The zero-order valence-corrected chi connectivity index (χ0v) is 18.7. The second-order valence-corrected chi connectivity index (χ2v) is 9.32. The van der Waals surface area contributed by atoms with Crippen molar-refractivity contribution in [2.24, 2.45) is 0 Å². The number of esters is 1. The van der Waals surface area contributed by atoms with E-state index in [-0.39, 0.29) is 18.2 Å². The van der Waals surface area contributed by atoms with E-state index in [0.717, 1.165) is 22.9 Å². The molecule has 3 aromatic rings. The number of ether oxygens (including phenoxy) is 1. The summed E-state index contributed by atoms with van der Waals surface area (Å²) in [6.07, 6.45) is 7.24. The molecule has 0 atom stereocenters. The first-order chi connectivity index (χ1) is 15.2. The number of benzene rings is 2. The van der Waals surface area contributed by atoms with Crippen molar-refractivity contribution in [2.75, 3.05) is 6.61 Å². The molecule has 2 aromatic carbocycles. The first-order valence-electron chi connectivity index (χ1n) is 11.1. The standard InChI is InChI=1S/C26H28O4S/c1-2-18-12-14-19(15-13-18)23(27)16-29-26(28)25-22(17-31-20-8-4-3-5-9-20)21-10-6-7-11-24(21)30-25/h6-7,10-15,20H,2-5,8-9,16-17H2,1H3. The van der Waals surface area contributed by atoms with E-state index in [0.29, 0.717) is 22.1 Å². The van der Waals surface area contributed by atoms with Crippen LogP contribution in [0.25, 0.3) is 11.0 Å². The number of aryl methyl sites for hydroxylation is 1. The topological polar surface area (TPSA) is 56.5 Å². The first kappa shape index (κ1) is 21.7. The minimum atomic E-state index is -0.575. The zero-order chi connectivity index (χ0) is 21.6. The van der Waals surface area contributed by atoms with E-state index in [1.165, 1.54) is 32.1 Å². The highest BCUT2D eigenvalue weighted by Crippen LogP contribution is 2.35. The summed E-state index contributed by atoms with van der Waals surface area (Å²) < 4.78 is 11.2. The highest BCUT2D eigenvalue weighted by Gasteiger charge is 2.24. The van der Waals surface area contributed by atoms with Crippen LogP contribution in [0, 0.1) is 0 Å². The average Bonchev–Trinajstić information content (AvgIpc) is 3.20. The zero-order valence-electron chi connectivity index (χ0n) is 17.9. The lowest BCUT2D eigenvalue weighted by molar-refractivity contribution is 0.0445. The summed E-state index contributed by atoms with van der Waals surface area (Å²) in [7, 11) is 0. The Bertz CT molecular complexity index is 1040. The lowest BCUT2D eigenvalue weighted by Gasteiger charge is -2.20. The van der Waals surface area contributed by atoms with E-state index in [4.69, 9.17) is 9.15 Å². The maximum Gasteiger partial charge on any atom is 0.375 e. The summed E-state index contributed by atoms with van der Waals surface area (Å²) in [4.78, 5) is 25.3. The summed E-state index contributed by atoms with van der Waals surface area (Å²) in [5, 5.41) is 1.57. The van der Waals surface area contributed by atoms with Gasteiger partial charge in [-0.3, -0.25) is 4.79 Å². The molecule has 4 nitrogen and oxygen atoms in total. The Morgan fingerprint density at radius 1 is 1.03 bits per heavy atom. The second-order valence-electron chi connectivity index (χ2n) is 8.03. The highest BCUT2D eigenvalue weighted by molar-refractivity contribution is 7.99. The average molecular weight is 437 g/mol. The van der Waals surface area contributed by atoms with Crippen LogP contribution < -0.4 is 0 Å². The van der Waals surface area contributed by atoms with E-state index in [1.54, 1.807) is 12.1 Å². The van der Waals surface area contributed by atoms with Gasteiger partial charge >= 0.3 is 5.97 Å². The molecule has 1 heterocycles. The van der Waals surface area contributed by atoms with Crippen LogP contribution in [0.2, 0.25) is 0 Å². The van der Waals surface area contributed by atoms with Crippen LogP contribution in [-0.4, -0.2) is 23.6 Å². The molecular formula is C26H28O4S. The Morgan fingerprint density at radius 3 is 2.52 bits per heavy atom. The van der Waals surface area contributed by atoms with Gasteiger partial charge in [-0.15, -0.1) is 0 Å². The molecule has 0 saturated heterocycles. The van der Waals surface area contributed by atoms with Crippen molar-refractivity contribution in [3.8, 4) is 0 Å². The Hall–Kier alpha value is -2.53. The third-order valence-corrected chi connectivity index (χ3v) is 7.32. The predicted molar refractivity (Wildman–Crippen MR) is 125 cm³/mol. The molecule has 0 N–H and O–H groups in total. The van der Waals surface area contributed by atoms with Crippen molar-refractivity contribution in [3.63, 3.8) is 0 Å². The van der Waals surface area contributed by atoms with Gasteiger partial charge in [-0.1, -0.05) is 68.7 Å². The van der Waals surface area contributed by atoms with Gasteiger partial charge in [-0.25, -0.2) is 4.79 Å². The van der Waals surface area contributed by atoms with E-state index >= 15 is 0 Å². The molecule has 0 unspecified atom stereocenters. The van der Waals surface area contributed by atoms with Crippen molar-refractivity contribution in [1.29, 1.82) is 0 Å². The van der Waals surface area contributed by atoms with Gasteiger partial charge in [0.15, 0.2) is 12.4 Å². The Morgan fingerprint density at radius 2 is 1.77 bits per heavy atom. The van der Waals surface area contributed by atoms with Gasteiger partial charge in [0, 0.05) is 27.5 Å². The van der Waals surface area contributed by atoms with Crippen molar-refractivity contribution >= 4 is 34.5 Å². The summed E-state index contributed by atoms with van der Waals surface area (Å²) in [6, 6.07) is 15.1. The molecule has 5 heteroatoms. The van der Waals surface area contributed by atoms with Crippen molar-refractivity contribution in [2.45, 2.75) is 56.5 Å². The molecule has 0 aliphatic heterocycles. The molecule has 31 heavy (non-hydrogen) atoms. The summed E-state index contributed by atoms with van der Waals surface area (Å²) in [5.41, 5.74) is 3.25. The van der Waals surface area contributed by atoms with Gasteiger partial charge in [0.2, 0.25) is 5.76 Å². The van der Waals surface area contributed by atoms with Crippen LogP contribution >= 0.6 is 11.8 Å². The number of Topliss-reactive ketones (excluding diaryl/α,β-unsaturated/α-hetero) is 1. The Labute approximate surface area is 187 Å². The summed E-state index contributed by atoms with van der Waals surface area (Å²) in [5.74, 6) is 0.135. The monoisotopic (exact) mass is 436 g/mol.